The van der Waals surface area contributed by atoms with Gasteiger partial charge in [0.05, 0.1) is 12.2 Å². The molecule has 0 aromatic heterocycles. The zero-order valence-corrected chi connectivity index (χ0v) is 11.8. The van der Waals surface area contributed by atoms with E-state index >= 15 is 0 Å². The molecule has 18 heavy (non-hydrogen) atoms. The third kappa shape index (κ3) is 2.09. The summed E-state index contributed by atoms with van der Waals surface area (Å²) in [7, 11) is 0. The predicted octanol–water partition coefficient (Wildman–Crippen LogP) is 4.42. The minimum absolute atomic E-state index is 0.0226. The highest BCUT2D eigenvalue weighted by Crippen LogP contribution is 2.68. The molecule has 2 fully saturated rings. The molecule has 0 spiro atoms. The van der Waals surface area contributed by atoms with Crippen molar-refractivity contribution in [2.45, 2.75) is 52.2 Å². The highest BCUT2D eigenvalue weighted by atomic mass is 16.5. The Balaban J connectivity index is 1.61. The minimum atomic E-state index is 0.0226. The van der Waals surface area contributed by atoms with Gasteiger partial charge in [0, 0.05) is 0 Å². The molecular formula is C17H24O. The van der Waals surface area contributed by atoms with Crippen LogP contribution >= 0.6 is 0 Å². The summed E-state index contributed by atoms with van der Waals surface area (Å²) in [5.41, 5.74) is 1.97. The van der Waals surface area contributed by atoms with E-state index in [1.165, 1.54) is 24.8 Å². The Morgan fingerprint density at radius 1 is 1.28 bits per heavy atom. The van der Waals surface area contributed by atoms with Crippen LogP contribution in [0.25, 0.3) is 0 Å². The van der Waals surface area contributed by atoms with Gasteiger partial charge in [0.15, 0.2) is 0 Å². The summed E-state index contributed by atoms with van der Waals surface area (Å²) in [5, 5.41) is 0. The molecule has 2 saturated carbocycles. The fraction of sp³-hybridized carbons (Fsp3) is 0.647. The van der Waals surface area contributed by atoms with Crippen molar-refractivity contribution in [3.63, 3.8) is 0 Å². The van der Waals surface area contributed by atoms with Crippen molar-refractivity contribution in [1.29, 1.82) is 0 Å². The molecule has 3 atom stereocenters. The molecule has 2 aliphatic rings. The van der Waals surface area contributed by atoms with Crippen LogP contribution in [0.3, 0.4) is 0 Å². The van der Waals surface area contributed by atoms with Gasteiger partial charge in [-0.25, -0.2) is 0 Å². The second-order valence-corrected chi connectivity index (χ2v) is 6.99. The van der Waals surface area contributed by atoms with Crippen LogP contribution in [0.4, 0.5) is 0 Å². The molecule has 3 rings (SSSR count). The van der Waals surface area contributed by atoms with Gasteiger partial charge in [-0.1, -0.05) is 37.3 Å². The lowest BCUT2D eigenvalue weighted by Gasteiger charge is -2.33. The van der Waals surface area contributed by atoms with Crippen LogP contribution < -0.4 is 0 Å². The second-order valence-electron chi connectivity index (χ2n) is 6.99. The summed E-state index contributed by atoms with van der Waals surface area (Å²) in [6.45, 7) is 7.76. The van der Waals surface area contributed by atoms with Crippen LogP contribution in [-0.2, 0) is 11.3 Å². The van der Waals surface area contributed by atoms with E-state index in [9.17, 15) is 0 Å². The van der Waals surface area contributed by atoms with Gasteiger partial charge in [-0.05, 0) is 55.9 Å². The van der Waals surface area contributed by atoms with Crippen molar-refractivity contribution in [2.75, 3.05) is 0 Å². The topological polar surface area (TPSA) is 9.23 Å². The zero-order chi connectivity index (χ0) is 12.8. The summed E-state index contributed by atoms with van der Waals surface area (Å²) in [4.78, 5) is 0. The van der Waals surface area contributed by atoms with Crippen LogP contribution in [0.5, 0.6) is 0 Å². The SMILES string of the molecule is CC(C)(OCc1ccccc1)[C@@H]1CC[C@@]2(C)CC12. The first-order chi connectivity index (χ1) is 8.51. The van der Waals surface area contributed by atoms with Gasteiger partial charge < -0.3 is 4.74 Å². The third-order valence-corrected chi connectivity index (χ3v) is 5.28. The van der Waals surface area contributed by atoms with E-state index in [1.54, 1.807) is 0 Å². The number of ether oxygens (including phenoxy) is 1. The molecule has 0 radical (unpaired) electrons. The highest BCUT2D eigenvalue weighted by Gasteiger charge is 2.61. The van der Waals surface area contributed by atoms with E-state index in [1.807, 2.05) is 0 Å². The molecule has 1 nitrogen and oxygen atoms in total. The normalized spacial score (nSPS) is 34.4. The third-order valence-electron chi connectivity index (χ3n) is 5.28. The number of hydrogen-bond acceptors (Lipinski definition) is 1. The van der Waals surface area contributed by atoms with E-state index in [4.69, 9.17) is 4.74 Å². The van der Waals surface area contributed by atoms with Gasteiger partial charge in [-0.3, -0.25) is 0 Å². The first-order valence-electron chi connectivity index (χ1n) is 7.19. The molecule has 0 bridgehead atoms. The standard InChI is InChI=1S/C17H24O/c1-16(2,14-9-10-17(3)11-15(14)17)18-12-13-7-5-4-6-8-13/h4-8,14-15H,9-12H2,1-3H3/t14-,15?,17+/m1/s1. The Labute approximate surface area is 111 Å². The lowest BCUT2D eigenvalue weighted by atomic mass is 9.86. The van der Waals surface area contributed by atoms with Gasteiger partial charge in [-0.15, -0.1) is 0 Å². The number of benzene rings is 1. The summed E-state index contributed by atoms with van der Waals surface area (Å²) in [5.74, 6) is 1.68. The second kappa shape index (κ2) is 4.09. The number of fused-ring (bicyclic) bond motifs is 1. The van der Waals surface area contributed by atoms with Gasteiger partial charge >= 0.3 is 0 Å². The van der Waals surface area contributed by atoms with E-state index in [2.05, 4.69) is 51.1 Å². The zero-order valence-electron chi connectivity index (χ0n) is 11.8. The van der Waals surface area contributed by atoms with Crippen molar-refractivity contribution in [2.24, 2.45) is 17.3 Å². The fourth-order valence-electron chi connectivity index (χ4n) is 3.83. The molecule has 2 aliphatic carbocycles. The summed E-state index contributed by atoms with van der Waals surface area (Å²) in [6.07, 6.45) is 4.18. The average molecular weight is 244 g/mol. The number of hydrogen-bond donors (Lipinski definition) is 0. The Bertz CT molecular complexity index is 422. The molecule has 1 aromatic rings. The Hall–Kier alpha value is -0.820. The maximum Gasteiger partial charge on any atom is 0.0724 e. The van der Waals surface area contributed by atoms with Crippen molar-refractivity contribution in [1.82, 2.24) is 0 Å². The van der Waals surface area contributed by atoms with Crippen molar-refractivity contribution >= 4 is 0 Å². The monoisotopic (exact) mass is 244 g/mol. The van der Waals surface area contributed by atoms with Crippen molar-refractivity contribution in [3.05, 3.63) is 35.9 Å². The van der Waals surface area contributed by atoms with Gasteiger partial charge in [-0.2, -0.15) is 0 Å². The van der Waals surface area contributed by atoms with E-state index < -0.39 is 0 Å². The largest absolute Gasteiger partial charge is 0.371 e. The molecule has 0 N–H and O–H groups in total. The van der Waals surface area contributed by atoms with Crippen LogP contribution in [0.15, 0.2) is 30.3 Å². The summed E-state index contributed by atoms with van der Waals surface area (Å²) < 4.78 is 6.24. The highest BCUT2D eigenvalue weighted by molar-refractivity contribution is 5.14. The molecule has 0 heterocycles. The maximum absolute atomic E-state index is 6.24. The Morgan fingerprint density at radius 2 is 2.00 bits per heavy atom. The predicted molar refractivity (Wildman–Crippen MR) is 74.2 cm³/mol. The summed E-state index contributed by atoms with van der Waals surface area (Å²) >= 11 is 0. The van der Waals surface area contributed by atoms with Crippen LogP contribution in [0.2, 0.25) is 0 Å². The molecule has 0 amide bonds. The lowest BCUT2D eigenvalue weighted by Crippen LogP contribution is -2.34. The van der Waals surface area contributed by atoms with Gasteiger partial charge in [0.2, 0.25) is 0 Å². The van der Waals surface area contributed by atoms with Gasteiger partial charge in [0.1, 0.15) is 0 Å². The molecular weight excluding hydrogens is 220 g/mol. The molecule has 0 saturated heterocycles. The number of rotatable bonds is 4. The smallest absolute Gasteiger partial charge is 0.0724 e. The molecule has 0 aliphatic heterocycles. The first kappa shape index (κ1) is 12.2. The lowest BCUT2D eigenvalue weighted by molar-refractivity contribution is -0.0752. The van der Waals surface area contributed by atoms with Crippen LogP contribution in [-0.4, -0.2) is 5.60 Å². The Morgan fingerprint density at radius 3 is 2.56 bits per heavy atom. The molecule has 98 valence electrons. The van der Waals surface area contributed by atoms with Crippen molar-refractivity contribution < 1.29 is 4.74 Å². The average Bonchev–Trinajstić information content (AvgIpc) is 2.89. The molecule has 1 heteroatoms. The van der Waals surface area contributed by atoms with Crippen LogP contribution in [0.1, 0.15) is 45.6 Å². The molecule has 1 unspecified atom stereocenters. The summed E-state index contributed by atoms with van der Waals surface area (Å²) in [6, 6.07) is 10.5. The van der Waals surface area contributed by atoms with E-state index in [0.717, 1.165) is 18.4 Å². The maximum atomic E-state index is 6.24. The Kier molecular flexibility index (Phi) is 2.78. The minimum Gasteiger partial charge on any atom is -0.371 e. The van der Waals surface area contributed by atoms with Crippen molar-refractivity contribution in [3.8, 4) is 0 Å². The van der Waals surface area contributed by atoms with Gasteiger partial charge in [0.25, 0.3) is 0 Å². The fourth-order valence-corrected chi connectivity index (χ4v) is 3.83. The molecule has 1 aromatic carbocycles. The quantitative estimate of drug-likeness (QED) is 0.762. The first-order valence-corrected chi connectivity index (χ1v) is 7.19. The van der Waals surface area contributed by atoms with E-state index in [0.29, 0.717) is 5.41 Å². The van der Waals surface area contributed by atoms with E-state index in [-0.39, 0.29) is 5.60 Å². The van der Waals surface area contributed by atoms with Crippen LogP contribution in [0, 0.1) is 17.3 Å².